The van der Waals surface area contributed by atoms with Gasteiger partial charge in [-0.25, -0.2) is 9.18 Å². The van der Waals surface area contributed by atoms with Gasteiger partial charge in [-0.05, 0) is 35.9 Å². The van der Waals surface area contributed by atoms with Gasteiger partial charge < -0.3 is 14.2 Å². The van der Waals surface area contributed by atoms with E-state index in [1.807, 2.05) is 0 Å². The molecule has 28 heavy (non-hydrogen) atoms. The molecule has 1 atom stereocenters. The highest BCUT2D eigenvalue weighted by Crippen LogP contribution is 2.21. The first-order chi connectivity index (χ1) is 13.6. The van der Waals surface area contributed by atoms with Gasteiger partial charge in [-0.1, -0.05) is 36.4 Å². The van der Waals surface area contributed by atoms with Crippen LogP contribution in [-0.2, 0) is 6.42 Å². The summed E-state index contributed by atoms with van der Waals surface area (Å²) in [6.45, 7) is 0. The number of hydrogen-bond acceptors (Lipinski definition) is 4. The van der Waals surface area contributed by atoms with Crippen LogP contribution in [0.3, 0.4) is 0 Å². The first-order valence-corrected chi connectivity index (χ1v) is 8.72. The van der Waals surface area contributed by atoms with Crippen LogP contribution in [0, 0.1) is 5.82 Å². The fourth-order valence-corrected chi connectivity index (χ4v) is 3.05. The number of carbonyl (C=O) groups excluding carboxylic acids is 1. The normalized spacial score (nSPS) is 12.0. The molecule has 140 valence electrons. The van der Waals surface area contributed by atoms with Gasteiger partial charge in [-0.15, -0.1) is 0 Å². The SMILES string of the molecule is O=C(NC(Cc1ccccc1F)c1ccco1)c1cc2ccccc2oc1=O. The quantitative estimate of drug-likeness (QED) is 0.528. The van der Waals surface area contributed by atoms with Crippen molar-refractivity contribution in [3.8, 4) is 0 Å². The second kappa shape index (κ2) is 7.52. The zero-order valence-electron chi connectivity index (χ0n) is 14.7. The molecule has 0 aliphatic heterocycles. The van der Waals surface area contributed by atoms with Crippen LogP contribution in [0.4, 0.5) is 4.39 Å². The lowest BCUT2D eigenvalue weighted by atomic mass is 10.0. The van der Waals surface area contributed by atoms with Gasteiger partial charge in [0.15, 0.2) is 0 Å². The van der Waals surface area contributed by atoms with E-state index in [0.717, 1.165) is 0 Å². The number of benzene rings is 2. The third-order valence-electron chi connectivity index (χ3n) is 4.46. The molecule has 0 saturated carbocycles. The molecule has 4 aromatic rings. The summed E-state index contributed by atoms with van der Waals surface area (Å²) in [6.07, 6.45) is 1.64. The molecular weight excluding hydrogens is 361 g/mol. The minimum atomic E-state index is -0.736. The van der Waals surface area contributed by atoms with E-state index in [-0.39, 0.29) is 17.8 Å². The summed E-state index contributed by atoms with van der Waals surface area (Å²) in [5.41, 5.74) is -0.0307. The number of rotatable bonds is 5. The van der Waals surface area contributed by atoms with Gasteiger partial charge in [-0.3, -0.25) is 4.79 Å². The van der Waals surface area contributed by atoms with Crippen LogP contribution in [0.25, 0.3) is 11.0 Å². The molecule has 0 radical (unpaired) electrons. The summed E-state index contributed by atoms with van der Waals surface area (Å²) in [5, 5.41) is 3.39. The van der Waals surface area contributed by atoms with E-state index in [1.165, 1.54) is 18.4 Å². The van der Waals surface area contributed by atoms with Crippen molar-refractivity contribution in [2.24, 2.45) is 0 Å². The molecule has 1 N–H and O–H groups in total. The summed E-state index contributed by atoms with van der Waals surface area (Å²) >= 11 is 0. The zero-order chi connectivity index (χ0) is 19.5. The lowest BCUT2D eigenvalue weighted by Gasteiger charge is -2.17. The van der Waals surface area contributed by atoms with Crippen LogP contribution >= 0.6 is 0 Å². The maximum Gasteiger partial charge on any atom is 0.349 e. The van der Waals surface area contributed by atoms with Gasteiger partial charge >= 0.3 is 5.63 Å². The predicted molar refractivity (Wildman–Crippen MR) is 102 cm³/mol. The Morgan fingerprint density at radius 3 is 2.61 bits per heavy atom. The molecule has 5 nitrogen and oxygen atoms in total. The van der Waals surface area contributed by atoms with Gasteiger partial charge in [-0.2, -0.15) is 0 Å². The Bertz CT molecular complexity index is 1180. The lowest BCUT2D eigenvalue weighted by molar-refractivity contribution is 0.0927. The molecule has 0 saturated heterocycles. The Hall–Kier alpha value is -3.67. The van der Waals surface area contributed by atoms with Crippen molar-refractivity contribution in [3.63, 3.8) is 0 Å². The topological polar surface area (TPSA) is 72.5 Å². The number of carbonyl (C=O) groups is 1. The Kier molecular flexibility index (Phi) is 4.76. The lowest BCUT2D eigenvalue weighted by Crippen LogP contribution is -2.33. The molecule has 0 spiro atoms. The van der Waals surface area contributed by atoms with Crippen LogP contribution in [0.5, 0.6) is 0 Å². The highest BCUT2D eigenvalue weighted by molar-refractivity contribution is 5.96. The summed E-state index contributed by atoms with van der Waals surface area (Å²) in [4.78, 5) is 25.0. The van der Waals surface area contributed by atoms with E-state index < -0.39 is 17.6 Å². The summed E-state index contributed by atoms with van der Waals surface area (Å²) in [5.74, 6) is -0.530. The summed E-state index contributed by atoms with van der Waals surface area (Å²) in [6, 6.07) is 17.5. The number of halogens is 1. The Balaban J connectivity index is 1.65. The first-order valence-electron chi connectivity index (χ1n) is 8.72. The third-order valence-corrected chi connectivity index (χ3v) is 4.46. The maximum atomic E-state index is 14.1. The number of para-hydroxylation sites is 1. The van der Waals surface area contributed by atoms with Crippen molar-refractivity contribution < 1.29 is 18.0 Å². The van der Waals surface area contributed by atoms with Crippen molar-refractivity contribution in [3.05, 3.63) is 106 Å². The molecule has 1 amide bonds. The number of amides is 1. The van der Waals surface area contributed by atoms with Crippen LogP contribution in [0.15, 0.2) is 86.6 Å². The standard InChI is InChI=1S/C22H16FNO4/c23-17-8-3-1-6-14(17)13-18(20-10-5-11-27-20)24-21(25)16-12-15-7-2-4-9-19(15)28-22(16)26/h1-12,18H,13H2,(H,24,25). The minimum absolute atomic E-state index is 0.121. The van der Waals surface area contributed by atoms with Crippen LogP contribution < -0.4 is 10.9 Å². The average Bonchev–Trinajstić information content (AvgIpc) is 3.23. The number of nitrogens with one attached hydrogen (secondary N) is 1. The molecule has 0 aliphatic rings. The average molecular weight is 377 g/mol. The van der Waals surface area contributed by atoms with Crippen LogP contribution in [0.2, 0.25) is 0 Å². The molecular formula is C22H16FNO4. The predicted octanol–water partition coefficient (Wildman–Crippen LogP) is 4.24. The molecule has 6 heteroatoms. The zero-order valence-corrected chi connectivity index (χ0v) is 14.7. The van der Waals surface area contributed by atoms with E-state index in [2.05, 4.69) is 5.32 Å². The largest absolute Gasteiger partial charge is 0.467 e. The van der Waals surface area contributed by atoms with Gasteiger partial charge in [0.1, 0.15) is 22.7 Å². The van der Waals surface area contributed by atoms with Crippen molar-refractivity contribution in [2.75, 3.05) is 0 Å². The van der Waals surface area contributed by atoms with E-state index >= 15 is 0 Å². The Labute approximate surface area is 159 Å². The second-order valence-electron chi connectivity index (χ2n) is 6.32. The van der Waals surface area contributed by atoms with Gasteiger partial charge in [0.2, 0.25) is 0 Å². The molecule has 1 unspecified atom stereocenters. The van der Waals surface area contributed by atoms with Crippen molar-refractivity contribution >= 4 is 16.9 Å². The van der Waals surface area contributed by atoms with Crippen molar-refractivity contribution in [1.29, 1.82) is 0 Å². The monoisotopic (exact) mass is 377 g/mol. The molecule has 0 aliphatic carbocycles. The van der Waals surface area contributed by atoms with E-state index in [9.17, 15) is 14.0 Å². The van der Waals surface area contributed by atoms with E-state index in [4.69, 9.17) is 8.83 Å². The summed E-state index contributed by atoms with van der Waals surface area (Å²) < 4.78 is 24.7. The van der Waals surface area contributed by atoms with Crippen LogP contribution in [0.1, 0.15) is 27.7 Å². The molecule has 2 heterocycles. The molecule has 4 rings (SSSR count). The van der Waals surface area contributed by atoms with E-state index in [0.29, 0.717) is 22.3 Å². The van der Waals surface area contributed by atoms with Crippen LogP contribution in [-0.4, -0.2) is 5.91 Å². The van der Waals surface area contributed by atoms with Gasteiger partial charge in [0.05, 0.1) is 12.3 Å². The minimum Gasteiger partial charge on any atom is -0.467 e. The first kappa shape index (κ1) is 17.7. The number of hydrogen-bond donors (Lipinski definition) is 1. The van der Waals surface area contributed by atoms with Gasteiger partial charge in [0, 0.05) is 11.8 Å². The number of furan rings is 1. The summed E-state index contributed by atoms with van der Waals surface area (Å²) in [7, 11) is 0. The smallest absolute Gasteiger partial charge is 0.349 e. The maximum absolute atomic E-state index is 14.1. The highest BCUT2D eigenvalue weighted by atomic mass is 19.1. The van der Waals surface area contributed by atoms with Crippen molar-refractivity contribution in [2.45, 2.75) is 12.5 Å². The molecule has 0 bridgehead atoms. The van der Waals surface area contributed by atoms with Crippen molar-refractivity contribution in [1.82, 2.24) is 5.32 Å². The molecule has 2 aromatic carbocycles. The molecule has 2 aromatic heterocycles. The van der Waals surface area contributed by atoms with Gasteiger partial charge in [0.25, 0.3) is 5.91 Å². The fourth-order valence-electron chi connectivity index (χ4n) is 3.05. The Morgan fingerprint density at radius 1 is 1.04 bits per heavy atom. The highest BCUT2D eigenvalue weighted by Gasteiger charge is 2.22. The third kappa shape index (κ3) is 3.57. The second-order valence-corrected chi connectivity index (χ2v) is 6.32. The van der Waals surface area contributed by atoms with E-state index in [1.54, 1.807) is 54.6 Å². The Morgan fingerprint density at radius 2 is 1.82 bits per heavy atom. The number of fused-ring (bicyclic) bond motifs is 1. The molecule has 0 fully saturated rings. The fraction of sp³-hybridized carbons (Fsp3) is 0.0909.